The minimum absolute atomic E-state index is 0.184. The second-order valence-corrected chi connectivity index (χ2v) is 5.25. The largest absolute Gasteiger partial charge is 0.343 e. The van der Waals surface area contributed by atoms with Crippen LogP contribution in [0.5, 0.6) is 0 Å². The van der Waals surface area contributed by atoms with Gasteiger partial charge in [0.2, 0.25) is 5.91 Å². The quantitative estimate of drug-likeness (QED) is 0.724. The summed E-state index contributed by atoms with van der Waals surface area (Å²) in [4.78, 5) is 13.0. The van der Waals surface area contributed by atoms with Gasteiger partial charge in [-0.1, -0.05) is 0 Å². The van der Waals surface area contributed by atoms with Gasteiger partial charge in [-0.25, -0.2) is 0 Å². The first kappa shape index (κ1) is 11.5. The molecular weight excluding hydrogens is 176 g/mol. The monoisotopic (exact) mass is 198 g/mol. The standard InChI is InChI=1S/C11H22N2O/c1-9(14)13-6-5-10(8-13)7-12-11(2,3)4/h10,12H,5-8H2,1-4H3. The average Bonchev–Trinajstić information content (AvgIpc) is 2.47. The van der Waals surface area contributed by atoms with Gasteiger partial charge in [0.25, 0.3) is 0 Å². The van der Waals surface area contributed by atoms with Crippen molar-refractivity contribution in [2.24, 2.45) is 5.92 Å². The van der Waals surface area contributed by atoms with Crippen molar-refractivity contribution in [3.8, 4) is 0 Å². The summed E-state index contributed by atoms with van der Waals surface area (Å²) in [6.07, 6.45) is 1.14. The molecule has 0 saturated carbocycles. The molecule has 3 nitrogen and oxygen atoms in total. The van der Waals surface area contributed by atoms with E-state index in [0.717, 1.165) is 26.1 Å². The van der Waals surface area contributed by atoms with Crippen LogP contribution in [-0.2, 0) is 4.79 Å². The number of rotatable bonds is 2. The Kier molecular flexibility index (Phi) is 3.53. The summed E-state index contributed by atoms with van der Waals surface area (Å²) < 4.78 is 0. The number of likely N-dealkylation sites (tertiary alicyclic amines) is 1. The topological polar surface area (TPSA) is 32.3 Å². The van der Waals surface area contributed by atoms with Crippen LogP contribution in [0.15, 0.2) is 0 Å². The molecule has 14 heavy (non-hydrogen) atoms. The van der Waals surface area contributed by atoms with Crippen LogP contribution in [0.25, 0.3) is 0 Å². The second kappa shape index (κ2) is 4.30. The van der Waals surface area contributed by atoms with Crippen molar-refractivity contribution in [2.45, 2.75) is 39.7 Å². The molecule has 0 aliphatic carbocycles. The van der Waals surface area contributed by atoms with Crippen LogP contribution >= 0.6 is 0 Å². The van der Waals surface area contributed by atoms with E-state index in [1.54, 1.807) is 6.92 Å². The Balaban J connectivity index is 2.26. The highest BCUT2D eigenvalue weighted by atomic mass is 16.2. The highest BCUT2D eigenvalue weighted by Gasteiger charge is 2.24. The Morgan fingerprint density at radius 1 is 1.50 bits per heavy atom. The van der Waals surface area contributed by atoms with Gasteiger partial charge >= 0.3 is 0 Å². The fourth-order valence-electron chi connectivity index (χ4n) is 1.74. The Morgan fingerprint density at radius 2 is 2.14 bits per heavy atom. The molecule has 1 aliphatic heterocycles. The van der Waals surface area contributed by atoms with E-state index in [1.165, 1.54) is 0 Å². The minimum Gasteiger partial charge on any atom is -0.343 e. The van der Waals surface area contributed by atoms with E-state index in [9.17, 15) is 4.79 Å². The maximum absolute atomic E-state index is 11.1. The van der Waals surface area contributed by atoms with Gasteiger partial charge in [-0.05, 0) is 33.1 Å². The molecule has 0 bridgehead atoms. The van der Waals surface area contributed by atoms with Crippen LogP contribution in [0.3, 0.4) is 0 Å². The zero-order valence-corrected chi connectivity index (χ0v) is 9.76. The van der Waals surface area contributed by atoms with Gasteiger partial charge in [-0.15, -0.1) is 0 Å². The van der Waals surface area contributed by atoms with Crippen LogP contribution in [0.2, 0.25) is 0 Å². The second-order valence-electron chi connectivity index (χ2n) is 5.25. The Labute approximate surface area is 86.9 Å². The molecule has 1 aliphatic rings. The molecule has 0 spiro atoms. The third-order valence-electron chi connectivity index (χ3n) is 2.65. The lowest BCUT2D eigenvalue weighted by atomic mass is 10.1. The smallest absolute Gasteiger partial charge is 0.219 e. The Hall–Kier alpha value is -0.570. The van der Waals surface area contributed by atoms with E-state index < -0.39 is 0 Å². The Bertz CT molecular complexity index is 208. The molecule has 3 heteroatoms. The van der Waals surface area contributed by atoms with E-state index in [0.29, 0.717) is 5.92 Å². The van der Waals surface area contributed by atoms with E-state index >= 15 is 0 Å². The summed E-state index contributed by atoms with van der Waals surface area (Å²) in [5.74, 6) is 0.849. The molecule has 0 radical (unpaired) electrons. The first-order valence-electron chi connectivity index (χ1n) is 5.39. The minimum atomic E-state index is 0.184. The zero-order chi connectivity index (χ0) is 10.8. The lowest BCUT2D eigenvalue weighted by Crippen LogP contribution is -2.40. The maximum Gasteiger partial charge on any atom is 0.219 e. The molecule has 1 amide bonds. The fraction of sp³-hybridized carbons (Fsp3) is 0.909. The molecule has 1 N–H and O–H groups in total. The summed E-state index contributed by atoms with van der Waals surface area (Å²) in [7, 11) is 0. The van der Waals surface area contributed by atoms with E-state index in [2.05, 4.69) is 26.1 Å². The van der Waals surface area contributed by atoms with Gasteiger partial charge in [-0.3, -0.25) is 4.79 Å². The molecule has 1 rings (SSSR count). The zero-order valence-electron chi connectivity index (χ0n) is 9.76. The first-order valence-corrected chi connectivity index (χ1v) is 5.39. The highest BCUT2D eigenvalue weighted by Crippen LogP contribution is 2.16. The molecule has 0 aromatic carbocycles. The number of nitrogens with zero attached hydrogens (tertiary/aromatic N) is 1. The number of hydrogen-bond donors (Lipinski definition) is 1. The third kappa shape index (κ3) is 3.66. The molecule has 1 saturated heterocycles. The molecule has 0 aromatic heterocycles. The predicted octanol–water partition coefficient (Wildman–Crippen LogP) is 1.24. The van der Waals surface area contributed by atoms with Crippen molar-refractivity contribution in [1.29, 1.82) is 0 Å². The summed E-state index contributed by atoms with van der Waals surface area (Å²) in [6.45, 7) is 11.1. The van der Waals surface area contributed by atoms with Gasteiger partial charge in [0, 0.05) is 32.1 Å². The number of nitrogens with one attached hydrogen (secondary N) is 1. The number of hydrogen-bond acceptors (Lipinski definition) is 2. The average molecular weight is 198 g/mol. The lowest BCUT2D eigenvalue weighted by Gasteiger charge is -2.23. The normalized spacial score (nSPS) is 22.9. The van der Waals surface area contributed by atoms with Crippen LogP contribution in [0, 0.1) is 5.92 Å². The lowest BCUT2D eigenvalue weighted by molar-refractivity contribution is -0.127. The van der Waals surface area contributed by atoms with Gasteiger partial charge in [0.1, 0.15) is 0 Å². The van der Waals surface area contributed by atoms with Crippen molar-refractivity contribution in [2.75, 3.05) is 19.6 Å². The molecule has 1 heterocycles. The SMILES string of the molecule is CC(=O)N1CCC(CNC(C)(C)C)C1. The van der Waals surface area contributed by atoms with E-state index in [4.69, 9.17) is 0 Å². The summed E-state index contributed by atoms with van der Waals surface area (Å²) in [6, 6.07) is 0. The maximum atomic E-state index is 11.1. The van der Waals surface area contributed by atoms with Crippen LogP contribution in [-0.4, -0.2) is 36.0 Å². The van der Waals surface area contributed by atoms with Crippen molar-refractivity contribution < 1.29 is 4.79 Å². The Morgan fingerprint density at radius 3 is 2.57 bits per heavy atom. The molecule has 82 valence electrons. The van der Waals surface area contributed by atoms with E-state index in [1.807, 2.05) is 4.90 Å². The molecular formula is C11H22N2O. The van der Waals surface area contributed by atoms with Crippen molar-refractivity contribution in [1.82, 2.24) is 10.2 Å². The molecule has 1 unspecified atom stereocenters. The predicted molar refractivity (Wildman–Crippen MR) is 58.1 cm³/mol. The van der Waals surface area contributed by atoms with Gasteiger partial charge in [0.05, 0.1) is 0 Å². The van der Waals surface area contributed by atoms with Crippen molar-refractivity contribution >= 4 is 5.91 Å². The summed E-state index contributed by atoms with van der Waals surface area (Å²) in [5, 5.41) is 3.49. The van der Waals surface area contributed by atoms with Crippen molar-refractivity contribution in [3.63, 3.8) is 0 Å². The fourth-order valence-corrected chi connectivity index (χ4v) is 1.74. The van der Waals surface area contributed by atoms with Crippen LogP contribution in [0.1, 0.15) is 34.1 Å². The number of amides is 1. The molecule has 1 atom stereocenters. The van der Waals surface area contributed by atoms with Crippen LogP contribution < -0.4 is 5.32 Å². The van der Waals surface area contributed by atoms with Crippen LogP contribution in [0.4, 0.5) is 0 Å². The number of carbonyl (C=O) groups excluding carboxylic acids is 1. The summed E-state index contributed by atoms with van der Waals surface area (Å²) in [5.41, 5.74) is 0.184. The first-order chi connectivity index (χ1) is 6.38. The summed E-state index contributed by atoms with van der Waals surface area (Å²) >= 11 is 0. The highest BCUT2D eigenvalue weighted by molar-refractivity contribution is 5.73. The van der Waals surface area contributed by atoms with Gasteiger partial charge in [0.15, 0.2) is 0 Å². The van der Waals surface area contributed by atoms with Gasteiger partial charge in [-0.2, -0.15) is 0 Å². The number of carbonyl (C=O) groups is 1. The molecule has 0 aromatic rings. The van der Waals surface area contributed by atoms with E-state index in [-0.39, 0.29) is 11.4 Å². The van der Waals surface area contributed by atoms with Gasteiger partial charge < -0.3 is 10.2 Å². The molecule has 1 fully saturated rings. The van der Waals surface area contributed by atoms with Crippen molar-refractivity contribution in [3.05, 3.63) is 0 Å². The third-order valence-corrected chi connectivity index (χ3v) is 2.65.